The number of hydrogen-bond donors (Lipinski definition) is 3. The average Bonchev–Trinajstić information content (AvgIpc) is 2.38. The van der Waals surface area contributed by atoms with E-state index < -0.39 is 22.3 Å². The van der Waals surface area contributed by atoms with Crippen LogP contribution in [0.4, 0.5) is 16.2 Å². The molecule has 0 atom stereocenters. The van der Waals surface area contributed by atoms with Crippen LogP contribution in [-0.2, 0) is 4.79 Å². The first-order valence-corrected chi connectivity index (χ1v) is 6.65. The first-order chi connectivity index (χ1) is 9.63. The number of aliphatic carboxylic acids is 1. The highest BCUT2D eigenvalue weighted by Gasteiger charge is 2.27. The van der Waals surface area contributed by atoms with Crippen LogP contribution in [-0.4, -0.2) is 28.6 Å². The van der Waals surface area contributed by atoms with Gasteiger partial charge in [-0.15, -0.1) is 0 Å². The number of nitrogens with one attached hydrogen (secondary N) is 2. The number of carboxylic acids is 1. The molecule has 0 aliphatic rings. The Kier molecular flexibility index (Phi) is 5.25. The lowest BCUT2D eigenvalue weighted by atomic mass is 9.94. The van der Waals surface area contributed by atoms with Gasteiger partial charge in [0, 0.05) is 23.2 Å². The highest BCUT2D eigenvalue weighted by molar-refractivity contribution is 9.10. The van der Waals surface area contributed by atoms with E-state index in [9.17, 15) is 19.7 Å². The van der Waals surface area contributed by atoms with E-state index in [0.717, 1.165) is 0 Å². The van der Waals surface area contributed by atoms with Gasteiger partial charge in [0.25, 0.3) is 5.69 Å². The fraction of sp³-hybridized carbons (Fsp3) is 0.333. The van der Waals surface area contributed by atoms with Crippen LogP contribution in [0.3, 0.4) is 0 Å². The van der Waals surface area contributed by atoms with Gasteiger partial charge in [0.2, 0.25) is 0 Å². The third kappa shape index (κ3) is 4.71. The summed E-state index contributed by atoms with van der Waals surface area (Å²) in [6.45, 7) is 2.91. The predicted molar refractivity (Wildman–Crippen MR) is 79.2 cm³/mol. The van der Waals surface area contributed by atoms with Gasteiger partial charge >= 0.3 is 12.0 Å². The highest BCUT2D eigenvalue weighted by Crippen LogP contribution is 2.27. The van der Waals surface area contributed by atoms with E-state index >= 15 is 0 Å². The Hall–Kier alpha value is -2.16. The molecule has 114 valence electrons. The lowest BCUT2D eigenvalue weighted by Crippen LogP contribution is -2.40. The summed E-state index contributed by atoms with van der Waals surface area (Å²) in [4.78, 5) is 32.6. The van der Waals surface area contributed by atoms with Crippen LogP contribution in [0, 0.1) is 15.5 Å². The lowest BCUT2D eigenvalue weighted by Gasteiger charge is -2.19. The van der Waals surface area contributed by atoms with Crippen LogP contribution < -0.4 is 10.6 Å². The molecular weight excluding hydrogens is 346 g/mol. The predicted octanol–water partition coefficient (Wildman–Crippen LogP) is 2.59. The van der Waals surface area contributed by atoms with Gasteiger partial charge in [-0.1, -0.05) is 0 Å². The monoisotopic (exact) mass is 359 g/mol. The van der Waals surface area contributed by atoms with Gasteiger partial charge in [0.1, 0.15) is 0 Å². The molecule has 2 amide bonds. The number of hydrogen-bond acceptors (Lipinski definition) is 4. The zero-order valence-corrected chi connectivity index (χ0v) is 12.9. The van der Waals surface area contributed by atoms with Crippen molar-refractivity contribution in [3.05, 3.63) is 32.8 Å². The third-order valence-electron chi connectivity index (χ3n) is 2.68. The molecule has 1 aromatic carbocycles. The molecule has 0 saturated carbocycles. The summed E-state index contributed by atoms with van der Waals surface area (Å²) in [7, 11) is 0. The molecule has 21 heavy (non-hydrogen) atoms. The number of amides is 2. The minimum absolute atomic E-state index is 0.0568. The molecule has 0 saturated heterocycles. The van der Waals surface area contributed by atoms with E-state index in [1.807, 2.05) is 0 Å². The standard InChI is InChI=1S/C12H14BrN3O5/c1-12(2,10(17)18)6-14-11(19)15-9-4-3-7(16(20)21)5-8(9)13/h3-5H,6H2,1-2H3,(H,17,18)(H2,14,15,19). The van der Waals surface area contributed by atoms with E-state index in [1.54, 1.807) is 0 Å². The van der Waals surface area contributed by atoms with Crippen LogP contribution >= 0.6 is 15.9 Å². The number of nitro groups is 1. The van der Waals surface area contributed by atoms with Crippen molar-refractivity contribution in [2.24, 2.45) is 5.41 Å². The van der Waals surface area contributed by atoms with Crippen LogP contribution in [0.5, 0.6) is 0 Å². The van der Waals surface area contributed by atoms with E-state index in [2.05, 4.69) is 26.6 Å². The SMILES string of the molecule is CC(C)(CNC(=O)Nc1ccc([N+](=O)[O-])cc1Br)C(=O)O. The van der Waals surface area contributed by atoms with Crippen molar-refractivity contribution >= 4 is 39.3 Å². The maximum absolute atomic E-state index is 11.7. The maximum Gasteiger partial charge on any atom is 0.319 e. The highest BCUT2D eigenvalue weighted by atomic mass is 79.9. The largest absolute Gasteiger partial charge is 0.481 e. The Morgan fingerprint density at radius 2 is 2.05 bits per heavy atom. The van der Waals surface area contributed by atoms with E-state index in [0.29, 0.717) is 10.2 Å². The molecule has 0 spiro atoms. The van der Waals surface area contributed by atoms with Gasteiger partial charge in [-0.2, -0.15) is 0 Å². The zero-order chi connectivity index (χ0) is 16.2. The molecule has 3 N–H and O–H groups in total. The van der Waals surface area contributed by atoms with Crippen LogP contribution in [0.25, 0.3) is 0 Å². The van der Waals surface area contributed by atoms with Gasteiger partial charge in [-0.05, 0) is 35.8 Å². The number of nitro benzene ring substituents is 1. The first-order valence-electron chi connectivity index (χ1n) is 5.85. The molecular formula is C12H14BrN3O5. The van der Waals surface area contributed by atoms with Crippen molar-refractivity contribution in [2.75, 3.05) is 11.9 Å². The second-order valence-corrected chi connectivity index (χ2v) is 5.77. The zero-order valence-electron chi connectivity index (χ0n) is 11.3. The molecule has 0 bridgehead atoms. The van der Waals surface area contributed by atoms with E-state index in [-0.39, 0.29) is 12.2 Å². The molecule has 0 aromatic heterocycles. The summed E-state index contributed by atoms with van der Waals surface area (Å²) in [5.41, 5.74) is -0.865. The summed E-state index contributed by atoms with van der Waals surface area (Å²) < 4.78 is 0.351. The minimum Gasteiger partial charge on any atom is -0.481 e. The summed E-state index contributed by atoms with van der Waals surface area (Å²) in [5, 5.41) is 24.4. The van der Waals surface area contributed by atoms with Crippen molar-refractivity contribution in [3.63, 3.8) is 0 Å². The number of urea groups is 1. The van der Waals surface area contributed by atoms with Crippen LogP contribution in [0.1, 0.15) is 13.8 Å². The number of non-ortho nitro benzene ring substituents is 1. The Bertz CT molecular complexity index is 588. The molecule has 0 aliphatic carbocycles. The topological polar surface area (TPSA) is 122 Å². The molecule has 0 heterocycles. The van der Waals surface area contributed by atoms with Gasteiger partial charge in [-0.25, -0.2) is 4.79 Å². The summed E-state index contributed by atoms with van der Waals surface area (Å²) in [6.07, 6.45) is 0. The molecule has 9 heteroatoms. The van der Waals surface area contributed by atoms with Crippen molar-refractivity contribution in [2.45, 2.75) is 13.8 Å². The van der Waals surface area contributed by atoms with Crippen molar-refractivity contribution in [1.29, 1.82) is 0 Å². The molecule has 1 aromatic rings. The summed E-state index contributed by atoms with van der Waals surface area (Å²) in [5.74, 6) is -1.03. The van der Waals surface area contributed by atoms with Crippen molar-refractivity contribution in [1.82, 2.24) is 5.32 Å². The van der Waals surface area contributed by atoms with Gasteiger partial charge in [0.05, 0.1) is 16.0 Å². The third-order valence-corrected chi connectivity index (χ3v) is 3.34. The number of carbonyl (C=O) groups excluding carboxylic acids is 1. The Morgan fingerprint density at radius 3 is 2.52 bits per heavy atom. The molecule has 0 unspecified atom stereocenters. The van der Waals surface area contributed by atoms with E-state index in [4.69, 9.17) is 5.11 Å². The number of rotatable bonds is 5. The van der Waals surface area contributed by atoms with Gasteiger partial charge in [-0.3, -0.25) is 14.9 Å². The minimum atomic E-state index is -1.09. The molecule has 0 aliphatic heterocycles. The molecule has 8 nitrogen and oxygen atoms in total. The number of nitrogens with zero attached hydrogens (tertiary/aromatic N) is 1. The van der Waals surface area contributed by atoms with Crippen molar-refractivity contribution in [3.8, 4) is 0 Å². The van der Waals surface area contributed by atoms with Crippen molar-refractivity contribution < 1.29 is 19.6 Å². The number of carboxylic acid groups (broad SMARTS) is 1. The second kappa shape index (κ2) is 6.53. The Labute approximate surface area is 128 Å². The van der Waals surface area contributed by atoms with E-state index in [1.165, 1.54) is 32.0 Å². The fourth-order valence-electron chi connectivity index (χ4n) is 1.26. The quantitative estimate of drug-likeness (QED) is 0.550. The lowest BCUT2D eigenvalue weighted by molar-refractivity contribution is -0.384. The Morgan fingerprint density at radius 1 is 1.43 bits per heavy atom. The number of anilines is 1. The molecule has 0 radical (unpaired) electrons. The van der Waals surface area contributed by atoms with Gasteiger partial charge in [0.15, 0.2) is 0 Å². The van der Waals surface area contributed by atoms with Gasteiger partial charge < -0.3 is 15.7 Å². The second-order valence-electron chi connectivity index (χ2n) is 4.92. The Balaban J connectivity index is 2.68. The smallest absolute Gasteiger partial charge is 0.319 e. The summed E-state index contributed by atoms with van der Waals surface area (Å²) in [6, 6.07) is 3.29. The number of halogens is 1. The maximum atomic E-state index is 11.7. The molecule has 0 fully saturated rings. The average molecular weight is 360 g/mol. The normalized spacial score (nSPS) is 10.8. The first kappa shape index (κ1) is 16.9. The number of carbonyl (C=O) groups is 2. The van der Waals surface area contributed by atoms with Crippen LogP contribution in [0.2, 0.25) is 0 Å². The fourth-order valence-corrected chi connectivity index (χ4v) is 1.73. The summed E-state index contributed by atoms with van der Waals surface area (Å²) >= 11 is 3.12. The number of benzene rings is 1. The van der Waals surface area contributed by atoms with Crippen LogP contribution in [0.15, 0.2) is 22.7 Å². The molecule has 1 rings (SSSR count).